The summed E-state index contributed by atoms with van der Waals surface area (Å²) in [6.45, 7) is 4.77. The van der Waals surface area contributed by atoms with Crippen molar-refractivity contribution in [3.05, 3.63) is 54.6 Å². The Balaban J connectivity index is 1.50. The number of nitrogens with zero attached hydrogens (tertiary/aromatic N) is 1. The molecule has 2 saturated heterocycles. The molecule has 2 aromatic carbocycles. The first-order valence-corrected chi connectivity index (χ1v) is 9.83. The highest BCUT2D eigenvalue weighted by atomic mass is 16.6. The van der Waals surface area contributed by atoms with Gasteiger partial charge in [-0.25, -0.2) is 0 Å². The summed E-state index contributed by atoms with van der Waals surface area (Å²) in [5.41, 5.74) is 0.127. The van der Waals surface area contributed by atoms with Gasteiger partial charge in [-0.2, -0.15) is 0 Å². The molecular weight excluding hydrogens is 354 g/mol. The van der Waals surface area contributed by atoms with Gasteiger partial charge in [-0.3, -0.25) is 9.59 Å². The van der Waals surface area contributed by atoms with Crippen LogP contribution in [0.15, 0.2) is 54.6 Å². The maximum absolute atomic E-state index is 13.5. The molecule has 1 spiro atoms. The van der Waals surface area contributed by atoms with E-state index < -0.39 is 17.4 Å². The van der Waals surface area contributed by atoms with Gasteiger partial charge in [-0.1, -0.05) is 62.4 Å². The van der Waals surface area contributed by atoms with Crippen LogP contribution in [0.2, 0.25) is 0 Å². The molecule has 0 radical (unpaired) electrons. The number of hydrogen-bond acceptors (Lipinski definition) is 4. The number of benzene rings is 2. The van der Waals surface area contributed by atoms with Crippen molar-refractivity contribution in [2.45, 2.75) is 25.6 Å². The summed E-state index contributed by atoms with van der Waals surface area (Å²) in [5.74, 6) is -1.24. The number of carbonyl (C=O) groups is 2. The average molecular weight is 377 g/mol. The lowest BCUT2D eigenvalue weighted by Crippen LogP contribution is -2.40. The van der Waals surface area contributed by atoms with Crippen molar-refractivity contribution in [1.29, 1.82) is 0 Å². The molecule has 144 valence electrons. The quantitative estimate of drug-likeness (QED) is 0.606. The van der Waals surface area contributed by atoms with E-state index in [2.05, 4.69) is 0 Å². The van der Waals surface area contributed by atoms with Crippen molar-refractivity contribution in [2.75, 3.05) is 18.1 Å². The minimum atomic E-state index is -0.736. The summed E-state index contributed by atoms with van der Waals surface area (Å²) in [5, 5.41) is 2.10. The second kappa shape index (κ2) is 6.17. The molecule has 5 rings (SSSR count). The minimum absolute atomic E-state index is 0.0605. The molecule has 4 atom stereocenters. The third-order valence-corrected chi connectivity index (χ3v) is 5.99. The first-order chi connectivity index (χ1) is 13.5. The Hall–Kier alpha value is -2.66. The lowest BCUT2D eigenvalue weighted by atomic mass is 9.77. The monoisotopic (exact) mass is 377 g/mol. The molecule has 28 heavy (non-hydrogen) atoms. The van der Waals surface area contributed by atoms with Crippen LogP contribution in [0, 0.1) is 17.8 Å². The highest BCUT2D eigenvalue weighted by Crippen LogP contribution is 2.53. The van der Waals surface area contributed by atoms with Crippen molar-refractivity contribution in [2.24, 2.45) is 17.8 Å². The molecule has 0 unspecified atom stereocenters. The van der Waals surface area contributed by atoms with Gasteiger partial charge in [0.2, 0.25) is 5.91 Å². The number of esters is 1. The average Bonchev–Trinajstić information content (AvgIpc) is 3.34. The van der Waals surface area contributed by atoms with Gasteiger partial charge in [0.15, 0.2) is 0 Å². The molecule has 1 amide bonds. The van der Waals surface area contributed by atoms with Gasteiger partial charge in [-0.15, -0.1) is 0 Å². The maximum atomic E-state index is 13.5. The molecular formula is C23H23NO4. The summed E-state index contributed by atoms with van der Waals surface area (Å²) in [4.78, 5) is 28.0. The van der Waals surface area contributed by atoms with Crippen LogP contribution in [-0.4, -0.2) is 36.7 Å². The fourth-order valence-electron chi connectivity index (χ4n) is 4.76. The second-order valence-corrected chi connectivity index (χ2v) is 8.35. The molecule has 2 bridgehead atoms. The number of ether oxygens (including phenoxy) is 2. The third kappa shape index (κ3) is 2.42. The molecule has 3 aliphatic heterocycles. The van der Waals surface area contributed by atoms with Crippen LogP contribution < -0.4 is 4.90 Å². The van der Waals surface area contributed by atoms with Crippen molar-refractivity contribution in [1.82, 2.24) is 0 Å². The van der Waals surface area contributed by atoms with Gasteiger partial charge >= 0.3 is 5.97 Å². The largest absolute Gasteiger partial charge is 0.465 e. The predicted molar refractivity (Wildman–Crippen MR) is 106 cm³/mol. The van der Waals surface area contributed by atoms with Crippen molar-refractivity contribution in [3.63, 3.8) is 0 Å². The molecule has 3 aliphatic rings. The lowest BCUT2D eigenvalue weighted by Gasteiger charge is -2.23. The molecule has 0 saturated carbocycles. The van der Waals surface area contributed by atoms with E-state index in [9.17, 15) is 9.59 Å². The van der Waals surface area contributed by atoms with E-state index >= 15 is 0 Å². The molecule has 5 heteroatoms. The second-order valence-electron chi connectivity index (χ2n) is 8.35. The highest BCUT2D eigenvalue weighted by molar-refractivity contribution is 6.08. The van der Waals surface area contributed by atoms with Crippen LogP contribution in [0.3, 0.4) is 0 Å². The Labute approximate surface area is 163 Å². The van der Waals surface area contributed by atoms with Crippen molar-refractivity contribution in [3.8, 4) is 0 Å². The number of anilines is 1. The number of carbonyl (C=O) groups excluding carboxylic acids is 2. The molecule has 0 N–H and O–H groups in total. The lowest BCUT2D eigenvalue weighted by molar-refractivity contribution is -0.153. The fraction of sp³-hybridized carbons (Fsp3) is 0.391. The van der Waals surface area contributed by atoms with E-state index in [1.165, 1.54) is 0 Å². The summed E-state index contributed by atoms with van der Waals surface area (Å²) in [6.07, 6.45) is 3.51. The number of rotatable bonds is 4. The summed E-state index contributed by atoms with van der Waals surface area (Å²) in [7, 11) is 0. The van der Waals surface area contributed by atoms with Crippen LogP contribution in [0.1, 0.15) is 13.8 Å². The van der Waals surface area contributed by atoms with Gasteiger partial charge in [-0.05, 0) is 17.4 Å². The zero-order valence-electron chi connectivity index (χ0n) is 16.0. The molecule has 0 aliphatic carbocycles. The zero-order chi connectivity index (χ0) is 19.5. The van der Waals surface area contributed by atoms with Gasteiger partial charge in [0, 0.05) is 5.39 Å². The minimum Gasteiger partial charge on any atom is -0.465 e. The SMILES string of the molecule is CC(C)COC(=O)[C@@H]1[C@@H]2C=C[C@]3(CN(c4cccc5ccccc45)C(=O)[C@H]13)O2. The topological polar surface area (TPSA) is 55.8 Å². The normalized spacial score (nSPS) is 30.5. The Bertz CT molecular complexity index is 992. The third-order valence-electron chi connectivity index (χ3n) is 5.99. The number of amides is 1. The Morgan fingerprint density at radius 2 is 2.04 bits per heavy atom. The Morgan fingerprint density at radius 1 is 1.25 bits per heavy atom. The van der Waals surface area contributed by atoms with Gasteiger partial charge < -0.3 is 14.4 Å². The number of hydrogen-bond donors (Lipinski definition) is 0. The molecule has 2 aromatic rings. The van der Waals surface area contributed by atoms with E-state index in [4.69, 9.17) is 9.47 Å². The first kappa shape index (κ1) is 17.4. The van der Waals surface area contributed by atoms with Crippen LogP contribution in [0.4, 0.5) is 5.69 Å². The van der Waals surface area contributed by atoms with Crippen molar-refractivity contribution >= 4 is 28.3 Å². The molecule has 3 heterocycles. The van der Waals surface area contributed by atoms with E-state index in [1.54, 1.807) is 4.90 Å². The smallest absolute Gasteiger partial charge is 0.312 e. The fourth-order valence-corrected chi connectivity index (χ4v) is 4.76. The van der Waals surface area contributed by atoms with Crippen molar-refractivity contribution < 1.29 is 19.1 Å². The van der Waals surface area contributed by atoms with Gasteiger partial charge in [0.1, 0.15) is 11.5 Å². The summed E-state index contributed by atoms with van der Waals surface area (Å²) < 4.78 is 11.7. The van der Waals surface area contributed by atoms with E-state index in [1.807, 2.05) is 68.5 Å². The summed E-state index contributed by atoms with van der Waals surface area (Å²) in [6, 6.07) is 14.0. The Morgan fingerprint density at radius 3 is 2.86 bits per heavy atom. The van der Waals surface area contributed by atoms with E-state index in [0.717, 1.165) is 16.5 Å². The van der Waals surface area contributed by atoms with Crippen LogP contribution in [0.25, 0.3) is 10.8 Å². The highest BCUT2D eigenvalue weighted by Gasteiger charge is 2.67. The maximum Gasteiger partial charge on any atom is 0.312 e. The zero-order valence-corrected chi connectivity index (χ0v) is 16.0. The predicted octanol–water partition coefficient (Wildman–Crippen LogP) is 3.33. The van der Waals surface area contributed by atoms with E-state index in [0.29, 0.717) is 13.2 Å². The van der Waals surface area contributed by atoms with Crippen LogP contribution in [-0.2, 0) is 19.1 Å². The van der Waals surface area contributed by atoms with E-state index in [-0.39, 0.29) is 23.9 Å². The molecule has 0 aromatic heterocycles. The summed E-state index contributed by atoms with van der Waals surface area (Å²) >= 11 is 0. The Kier molecular flexibility index (Phi) is 3.85. The molecule has 2 fully saturated rings. The number of fused-ring (bicyclic) bond motifs is 2. The van der Waals surface area contributed by atoms with Crippen LogP contribution >= 0.6 is 0 Å². The van der Waals surface area contributed by atoms with Gasteiger partial charge in [0.05, 0.1) is 30.9 Å². The van der Waals surface area contributed by atoms with Crippen LogP contribution in [0.5, 0.6) is 0 Å². The first-order valence-electron chi connectivity index (χ1n) is 9.83. The van der Waals surface area contributed by atoms with Gasteiger partial charge in [0.25, 0.3) is 0 Å². The molecule has 5 nitrogen and oxygen atoms in total. The standard InChI is InChI=1S/C23H23NO4/c1-14(2)12-27-22(26)19-18-10-11-23(28-18)13-24(21(25)20(19)23)17-9-5-7-15-6-3-4-8-16(15)17/h3-11,14,18-20H,12-13H2,1-2H3/t18-,19+,20-,23+/m0/s1.